The number of hydrogen-bond donors (Lipinski definition) is 1. The summed E-state index contributed by atoms with van der Waals surface area (Å²) in [6.45, 7) is 3.84. The first kappa shape index (κ1) is 12.9. The molecule has 1 atom stereocenters. The summed E-state index contributed by atoms with van der Waals surface area (Å²) in [6.07, 6.45) is 1.88. The third-order valence-electron chi connectivity index (χ3n) is 3.61. The normalized spacial score (nSPS) is 13.1. The number of hydrogen-bond acceptors (Lipinski definition) is 3. The van der Waals surface area contributed by atoms with Gasteiger partial charge in [-0.3, -0.25) is 4.68 Å². The molecule has 1 unspecified atom stereocenters. The lowest BCUT2D eigenvalue weighted by Crippen LogP contribution is -2.12. The summed E-state index contributed by atoms with van der Waals surface area (Å²) in [5, 5.41) is 5.18. The van der Waals surface area contributed by atoms with Crippen LogP contribution in [0.1, 0.15) is 28.6 Å². The number of nitrogens with two attached hydrogens (primary N) is 1. The van der Waals surface area contributed by atoms with Crippen molar-refractivity contribution in [2.45, 2.75) is 19.9 Å². The van der Waals surface area contributed by atoms with E-state index in [1.807, 2.05) is 27.1 Å². The van der Waals surface area contributed by atoms with Gasteiger partial charge in [-0.05, 0) is 26.0 Å². The molecule has 4 nitrogen and oxygen atoms in total. The number of benzene rings is 1. The summed E-state index contributed by atoms with van der Waals surface area (Å²) in [7, 11) is 1.85. The fourth-order valence-corrected chi connectivity index (χ4v) is 2.58. The minimum atomic E-state index is -0.404. The predicted molar refractivity (Wildman–Crippen MR) is 74.9 cm³/mol. The van der Waals surface area contributed by atoms with Gasteiger partial charge in [0.25, 0.3) is 0 Å². The molecule has 2 aromatic heterocycles. The highest BCUT2D eigenvalue weighted by molar-refractivity contribution is 5.82. The Labute approximate surface area is 116 Å². The van der Waals surface area contributed by atoms with Crippen molar-refractivity contribution >= 4 is 11.0 Å². The smallest absolute Gasteiger partial charge is 0.137 e. The molecule has 0 saturated heterocycles. The van der Waals surface area contributed by atoms with Gasteiger partial charge in [0.1, 0.15) is 17.2 Å². The minimum Gasteiger partial charge on any atom is -0.459 e. The van der Waals surface area contributed by atoms with E-state index in [0.29, 0.717) is 11.3 Å². The van der Waals surface area contributed by atoms with Gasteiger partial charge in [-0.2, -0.15) is 5.10 Å². The summed E-state index contributed by atoms with van der Waals surface area (Å²) in [5.74, 6) is 0.339. The van der Waals surface area contributed by atoms with Crippen molar-refractivity contribution in [3.05, 3.63) is 52.8 Å². The van der Waals surface area contributed by atoms with Crippen LogP contribution in [0, 0.1) is 19.7 Å². The van der Waals surface area contributed by atoms with Crippen LogP contribution in [0.2, 0.25) is 0 Å². The molecule has 0 aliphatic heterocycles. The lowest BCUT2D eigenvalue weighted by molar-refractivity contribution is 0.517. The van der Waals surface area contributed by atoms with Gasteiger partial charge >= 0.3 is 0 Å². The van der Waals surface area contributed by atoms with Crippen molar-refractivity contribution in [3.8, 4) is 0 Å². The highest BCUT2D eigenvalue weighted by Gasteiger charge is 2.21. The summed E-state index contributed by atoms with van der Waals surface area (Å²) in [4.78, 5) is 0. The number of furan rings is 1. The molecule has 104 valence electrons. The van der Waals surface area contributed by atoms with Crippen molar-refractivity contribution in [2.24, 2.45) is 12.8 Å². The van der Waals surface area contributed by atoms with E-state index in [-0.39, 0.29) is 5.82 Å². The molecule has 3 aromatic rings. The third kappa shape index (κ3) is 1.91. The number of fused-ring (bicyclic) bond motifs is 1. The summed E-state index contributed by atoms with van der Waals surface area (Å²) in [6, 6.07) is 4.12. The van der Waals surface area contributed by atoms with Gasteiger partial charge in [0.15, 0.2) is 0 Å². The molecule has 0 amide bonds. The van der Waals surface area contributed by atoms with Crippen LogP contribution in [0.5, 0.6) is 0 Å². The molecule has 0 saturated carbocycles. The van der Waals surface area contributed by atoms with Gasteiger partial charge in [-0.1, -0.05) is 0 Å². The first-order valence-corrected chi connectivity index (χ1v) is 6.41. The number of aryl methyl sites for hydroxylation is 3. The Hall–Kier alpha value is -2.14. The Kier molecular flexibility index (Phi) is 2.87. The van der Waals surface area contributed by atoms with Gasteiger partial charge in [0.2, 0.25) is 0 Å². The molecule has 0 bridgehead atoms. The largest absolute Gasteiger partial charge is 0.459 e. The zero-order chi connectivity index (χ0) is 14.4. The molecule has 1 aromatic carbocycles. The zero-order valence-corrected chi connectivity index (χ0v) is 11.6. The first-order valence-electron chi connectivity index (χ1n) is 6.41. The quantitative estimate of drug-likeness (QED) is 0.781. The second kappa shape index (κ2) is 4.45. The van der Waals surface area contributed by atoms with E-state index in [4.69, 9.17) is 10.2 Å². The molecule has 2 N–H and O–H groups in total. The molecule has 0 spiro atoms. The molecule has 2 heterocycles. The van der Waals surface area contributed by atoms with Crippen molar-refractivity contribution in [1.29, 1.82) is 0 Å². The molecule has 0 aliphatic carbocycles. The van der Waals surface area contributed by atoms with Crippen molar-refractivity contribution in [1.82, 2.24) is 9.78 Å². The Morgan fingerprint density at radius 2 is 2.10 bits per heavy atom. The lowest BCUT2D eigenvalue weighted by atomic mass is 10.0. The average Bonchev–Trinajstić information content (AvgIpc) is 2.89. The highest BCUT2D eigenvalue weighted by Crippen LogP contribution is 2.32. The van der Waals surface area contributed by atoms with Crippen LogP contribution in [-0.4, -0.2) is 9.78 Å². The SMILES string of the molecule is Cc1nn(C)cc1C(N)c1oc2cc(F)ccc2c1C. The average molecular weight is 273 g/mol. The molecule has 0 radical (unpaired) electrons. The fraction of sp³-hybridized carbons (Fsp3) is 0.267. The molecule has 20 heavy (non-hydrogen) atoms. The molecular weight excluding hydrogens is 257 g/mol. The molecular formula is C15H16FN3O. The van der Waals surface area contributed by atoms with Gasteiger partial charge < -0.3 is 10.2 Å². The van der Waals surface area contributed by atoms with Crippen molar-refractivity contribution in [3.63, 3.8) is 0 Å². The van der Waals surface area contributed by atoms with Crippen LogP contribution in [0.3, 0.4) is 0 Å². The molecule has 0 fully saturated rings. The Bertz CT molecular complexity index is 788. The number of halogens is 1. The van der Waals surface area contributed by atoms with Gasteiger partial charge in [0.05, 0.1) is 11.7 Å². The standard InChI is InChI=1S/C15H16FN3O/c1-8-11-5-4-10(16)6-13(11)20-15(8)14(17)12-7-19(3)18-9(12)2/h4-7,14H,17H2,1-3H3. The second-order valence-corrected chi connectivity index (χ2v) is 5.05. The zero-order valence-electron chi connectivity index (χ0n) is 11.6. The Morgan fingerprint density at radius 1 is 1.35 bits per heavy atom. The van der Waals surface area contributed by atoms with Gasteiger partial charge in [-0.15, -0.1) is 0 Å². The van der Waals surface area contributed by atoms with Crippen LogP contribution in [0.4, 0.5) is 4.39 Å². The van der Waals surface area contributed by atoms with E-state index >= 15 is 0 Å². The van der Waals surface area contributed by atoms with E-state index in [1.54, 1.807) is 10.7 Å². The number of nitrogens with zero attached hydrogens (tertiary/aromatic N) is 2. The van der Waals surface area contributed by atoms with Crippen LogP contribution < -0.4 is 5.73 Å². The molecule has 3 rings (SSSR count). The maximum Gasteiger partial charge on any atom is 0.137 e. The monoisotopic (exact) mass is 273 g/mol. The number of rotatable bonds is 2. The van der Waals surface area contributed by atoms with Crippen LogP contribution in [-0.2, 0) is 7.05 Å². The number of aromatic nitrogens is 2. The maximum absolute atomic E-state index is 13.3. The summed E-state index contributed by atoms with van der Waals surface area (Å²) in [5.41, 5.74) is 9.53. The van der Waals surface area contributed by atoms with Crippen molar-refractivity contribution in [2.75, 3.05) is 0 Å². The maximum atomic E-state index is 13.3. The van der Waals surface area contributed by atoms with E-state index in [1.165, 1.54) is 12.1 Å². The molecule has 0 aliphatic rings. The third-order valence-corrected chi connectivity index (χ3v) is 3.61. The fourth-order valence-electron chi connectivity index (χ4n) is 2.58. The van der Waals surface area contributed by atoms with E-state index in [0.717, 1.165) is 22.2 Å². The first-order chi connectivity index (χ1) is 9.47. The van der Waals surface area contributed by atoms with Crippen LogP contribution in [0.25, 0.3) is 11.0 Å². The Balaban J connectivity index is 2.14. The van der Waals surface area contributed by atoms with E-state index < -0.39 is 6.04 Å². The van der Waals surface area contributed by atoms with Crippen LogP contribution in [0.15, 0.2) is 28.8 Å². The predicted octanol–water partition coefficient (Wildman–Crippen LogP) is 2.97. The second-order valence-electron chi connectivity index (χ2n) is 5.05. The molecule has 5 heteroatoms. The highest BCUT2D eigenvalue weighted by atomic mass is 19.1. The summed E-state index contributed by atoms with van der Waals surface area (Å²) < 4.78 is 20.7. The lowest BCUT2D eigenvalue weighted by Gasteiger charge is -2.08. The Morgan fingerprint density at radius 3 is 2.75 bits per heavy atom. The minimum absolute atomic E-state index is 0.316. The topological polar surface area (TPSA) is 57.0 Å². The van der Waals surface area contributed by atoms with Crippen molar-refractivity contribution < 1.29 is 8.81 Å². The van der Waals surface area contributed by atoms with E-state index in [9.17, 15) is 4.39 Å². The van der Waals surface area contributed by atoms with E-state index in [2.05, 4.69) is 5.10 Å². The summed E-state index contributed by atoms with van der Waals surface area (Å²) >= 11 is 0. The van der Waals surface area contributed by atoms with Gasteiger partial charge in [0, 0.05) is 35.8 Å². The van der Waals surface area contributed by atoms with Gasteiger partial charge in [-0.25, -0.2) is 4.39 Å². The van der Waals surface area contributed by atoms with Crippen LogP contribution >= 0.6 is 0 Å².